The first kappa shape index (κ1) is 19.1. The van der Waals surface area contributed by atoms with E-state index in [9.17, 15) is 9.59 Å². The summed E-state index contributed by atoms with van der Waals surface area (Å²) in [7, 11) is 0. The molecule has 3 heterocycles. The normalized spacial score (nSPS) is 18.6. The van der Waals surface area contributed by atoms with E-state index in [1.54, 1.807) is 11.2 Å². The van der Waals surface area contributed by atoms with Gasteiger partial charge in [-0.3, -0.25) is 9.59 Å². The van der Waals surface area contributed by atoms with Gasteiger partial charge in [-0.05, 0) is 43.2 Å². The van der Waals surface area contributed by atoms with Crippen LogP contribution in [0.1, 0.15) is 36.3 Å². The lowest BCUT2D eigenvalue weighted by molar-refractivity contribution is -0.133. The van der Waals surface area contributed by atoms with Gasteiger partial charge in [-0.1, -0.05) is 37.3 Å². The van der Waals surface area contributed by atoms with Crippen molar-refractivity contribution in [2.24, 2.45) is 0 Å². The second-order valence-corrected chi connectivity index (χ2v) is 7.57. The molecule has 150 valence electrons. The number of nitrogens with zero attached hydrogens (tertiary/aromatic N) is 2. The van der Waals surface area contributed by atoms with Crippen molar-refractivity contribution in [3.8, 4) is 11.5 Å². The molecule has 0 radical (unpaired) electrons. The Morgan fingerprint density at radius 2 is 1.86 bits per heavy atom. The molecule has 6 nitrogen and oxygen atoms in total. The van der Waals surface area contributed by atoms with Gasteiger partial charge in [-0.15, -0.1) is 0 Å². The maximum atomic E-state index is 13.3. The molecule has 1 atom stereocenters. The van der Waals surface area contributed by atoms with Crippen molar-refractivity contribution in [2.45, 2.75) is 38.9 Å². The number of fused-ring (bicyclic) bond motifs is 1. The largest absolute Gasteiger partial charge is 0.463 e. The summed E-state index contributed by atoms with van der Waals surface area (Å²) >= 11 is 0. The molecule has 1 aliphatic heterocycles. The molecule has 29 heavy (non-hydrogen) atoms. The van der Waals surface area contributed by atoms with Crippen LogP contribution in [0.3, 0.4) is 0 Å². The van der Waals surface area contributed by atoms with Crippen LogP contribution >= 0.6 is 0 Å². The lowest BCUT2D eigenvalue weighted by Crippen LogP contribution is -2.64. The number of carbonyl (C=O) groups is 2. The van der Waals surface area contributed by atoms with Crippen LogP contribution in [0.25, 0.3) is 11.5 Å². The molecule has 0 spiro atoms. The second kappa shape index (κ2) is 7.62. The van der Waals surface area contributed by atoms with Gasteiger partial charge in [0.05, 0.1) is 18.5 Å². The number of furan rings is 1. The molecule has 2 aromatic heterocycles. The smallest absolute Gasteiger partial charge is 0.271 e. The number of benzene rings is 1. The van der Waals surface area contributed by atoms with Crippen molar-refractivity contribution in [3.63, 3.8) is 0 Å². The standard InChI is InChI=1S/C23H25N3O3/c1-3-13-26-21(27)19-12-11-18(20-10-7-14-29-20)25(19)16-23(26,2)22(28)24-15-17-8-5-4-6-9-17/h4-12,14H,3,13,15-16H2,1-2H3,(H,24,28). The van der Waals surface area contributed by atoms with E-state index in [0.717, 1.165) is 17.7 Å². The van der Waals surface area contributed by atoms with Gasteiger partial charge in [0, 0.05) is 13.1 Å². The Bertz CT molecular complexity index is 1010. The third-order valence-corrected chi connectivity index (χ3v) is 5.51. The summed E-state index contributed by atoms with van der Waals surface area (Å²) in [5, 5.41) is 3.03. The first-order chi connectivity index (χ1) is 14.0. The van der Waals surface area contributed by atoms with Crippen LogP contribution in [0.15, 0.2) is 65.3 Å². The number of nitrogens with one attached hydrogen (secondary N) is 1. The minimum Gasteiger partial charge on any atom is -0.463 e. The zero-order chi connectivity index (χ0) is 20.4. The van der Waals surface area contributed by atoms with Crippen molar-refractivity contribution >= 4 is 11.8 Å². The van der Waals surface area contributed by atoms with Gasteiger partial charge >= 0.3 is 0 Å². The molecule has 0 saturated carbocycles. The fourth-order valence-corrected chi connectivity index (χ4v) is 3.95. The molecule has 4 rings (SSSR count). The predicted octanol–water partition coefficient (Wildman–Crippen LogP) is 3.69. The number of hydrogen-bond acceptors (Lipinski definition) is 3. The van der Waals surface area contributed by atoms with Gasteiger partial charge in [0.15, 0.2) is 0 Å². The summed E-state index contributed by atoms with van der Waals surface area (Å²) in [6.07, 6.45) is 2.38. The maximum absolute atomic E-state index is 13.3. The summed E-state index contributed by atoms with van der Waals surface area (Å²) in [5.41, 5.74) is 1.41. The van der Waals surface area contributed by atoms with Gasteiger partial charge in [0.1, 0.15) is 17.0 Å². The quantitative estimate of drug-likeness (QED) is 0.697. The highest BCUT2D eigenvalue weighted by atomic mass is 16.3. The second-order valence-electron chi connectivity index (χ2n) is 7.57. The Balaban J connectivity index is 1.66. The highest BCUT2D eigenvalue weighted by Crippen LogP contribution is 2.33. The third-order valence-electron chi connectivity index (χ3n) is 5.51. The molecule has 0 saturated heterocycles. The van der Waals surface area contributed by atoms with Crippen LogP contribution in [0.5, 0.6) is 0 Å². The molecular weight excluding hydrogens is 366 g/mol. The van der Waals surface area contributed by atoms with Crippen LogP contribution in [0, 0.1) is 0 Å². The minimum atomic E-state index is -0.991. The average molecular weight is 391 g/mol. The van der Waals surface area contributed by atoms with E-state index in [1.165, 1.54) is 0 Å². The summed E-state index contributed by atoms with van der Waals surface area (Å²) < 4.78 is 7.44. The fourth-order valence-electron chi connectivity index (χ4n) is 3.95. The average Bonchev–Trinajstić information content (AvgIpc) is 3.39. The lowest BCUT2D eigenvalue weighted by atomic mass is 9.94. The van der Waals surface area contributed by atoms with E-state index in [2.05, 4.69) is 5.32 Å². The van der Waals surface area contributed by atoms with Gasteiger partial charge in [-0.25, -0.2) is 0 Å². The van der Waals surface area contributed by atoms with Crippen LogP contribution in [-0.2, 0) is 17.9 Å². The Kier molecular flexibility index (Phi) is 5.01. The van der Waals surface area contributed by atoms with Crippen molar-refractivity contribution in [3.05, 3.63) is 72.1 Å². The van der Waals surface area contributed by atoms with E-state index in [1.807, 2.05) is 73.0 Å². The Morgan fingerprint density at radius 1 is 1.10 bits per heavy atom. The zero-order valence-corrected chi connectivity index (χ0v) is 16.7. The molecule has 1 N–H and O–H groups in total. The van der Waals surface area contributed by atoms with E-state index < -0.39 is 5.54 Å². The molecule has 0 aliphatic carbocycles. The number of amides is 2. The molecule has 1 aromatic carbocycles. The monoisotopic (exact) mass is 391 g/mol. The van der Waals surface area contributed by atoms with E-state index in [-0.39, 0.29) is 11.8 Å². The van der Waals surface area contributed by atoms with Crippen LogP contribution in [0.2, 0.25) is 0 Å². The van der Waals surface area contributed by atoms with Crippen LogP contribution in [-0.4, -0.2) is 33.4 Å². The highest BCUT2D eigenvalue weighted by molar-refractivity contribution is 6.00. The van der Waals surface area contributed by atoms with E-state index in [0.29, 0.717) is 31.1 Å². The van der Waals surface area contributed by atoms with Crippen molar-refractivity contribution in [1.82, 2.24) is 14.8 Å². The Labute approximate surface area is 170 Å². The van der Waals surface area contributed by atoms with Gasteiger partial charge < -0.3 is 19.2 Å². The number of aromatic nitrogens is 1. The minimum absolute atomic E-state index is 0.131. The Hall–Kier alpha value is -3.28. The Morgan fingerprint density at radius 3 is 2.55 bits per heavy atom. The van der Waals surface area contributed by atoms with Crippen molar-refractivity contribution < 1.29 is 14.0 Å². The van der Waals surface area contributed by atoms with Gasteiger partial charge in [0.25, 0.3) is 5.91 Å². The molecule has 1 unspecified atom stereocenters. The zero-order valence-electron chi connectivity index (χ0n) is 16.7. The molecule has 6 heteroatoms. The van der Waals surface area contributed by atoms with Crippen LogP contribution < -0.4 is 5.32 Å². The SMILES string of the molecule is CCCN1C(=O)c2ccc(-c3ccco3)n2CC1(C)C(=O)NCc1ccccc1. The number of carbonyl (C=O) groups excluding carboxylic acids is 2. The van der Waals surface area contributed by atoms with Crippen LogP contribution in [0.4, 0.5) is 0 Å². The van der Waals surface area contributed by atoms with Gasteiger partial charge in [0.2, 0.25) is 5.91 Å². The topological polar surface area (TPSA) is 67.5 Å². The first-order valence-corrected chi connectivity index (χ1v) is 9.92. The highest BCUT2D eigenvalue weighted by Gasteiger charge is 2.47. The maximum Gasteiger partial charge on any atom is 0.271 e. The van der Waals surface area contributed by atoms with Gasteiger partial charge in [-0.2, -0.15) is 0 Å². The van der Waals surface area contributed by atoms with Crippen molar-refractivity contribution in [1.29, 1.82) is 0 Å². The molecule has 3 aromatic rings. The van der Waals surface area contributed by atoms with Crippen molar-refractivity contribution in [2.75, 3.05) is 6.54 Å². The summed E-state index contributed by atoms with van der Waals surface area (Å²) in [5.74, 6) is 0.390. The molecular formula is C23H25N3O3. The fraction of sp³-hybridized carbons (Fsp3) is 0.304. The molecule has 0 bridgehead atoms. The molecule has 1 aliphatic rings. The summed E-state index contributed by atoms with van der Waals surface area (Å²) in [6, 6.07) is 17.1. The third kappa shape index (κ3) is 3.35. The number of hydrogen-bond donors (Lipinski definition) is 1. The number of rotatable bonds is 6. The summed E-state index contributed by atoms with van der Waals surface area (Å²) in [4.78, 5) is 28.3. The van der Waals surface area contributed by atoms with E-state index >= 15 is 0 Å². The predicted molar refractivity (Wildman–Crippen MR) is 110 cm³/mol. The lowest BCUT2D eigenvalue weighted by Gasteiger charge is -2.44. The van der Waals surface area contributed by atoms with E-state index in [4.69, 9.17) is 4.42 Å². The summed E-state index contributed by atoms with van der Waals surface area (Å²) in [6.45, 7) is 5.17. The first-order valence-electron chi connectivity index (χ1n) is 9.92. The molecule has 2 amide bonds. The molecule has 0 fully saturated rings.